The van der Waals surface area contributed by atoms with Gasteiger partial charge in [-0.25, -0.2) is 9.97 Å². The van der Waals surface area contributed by atoms with E-state index in [0.717, 1.165) is 40.2 Å². The third-order valence-corrected chi connectivity index (χ3v) is 7.00. The zero-order valence-corrected chi connectivity index (χ0v) is 18.1. The van der Waals surface area contributed by atoms with Crippen LogP contribution >= 0.6 is 23.1 Å². The molecule has 4 rings (SSSR count). The second-order valence-corrected chi connectivity index (χ2v) is 9.66. The van der Waals surface area contributed by atoms with Crippen molar-refractivity contribution in [1.82, 2.24) is 9.97 Å². The van der Waals surface area contributed by atoms with Crippen molar-refractivity contribution in [2.45, 2.75) is 44.6 Å². The zero-order valence-electron chi connectivity index (χ0n) is 16.5. The molecule has 0 saturated carbocycles. The van der Waals surface area contributed by atoms with Gasteiger partial charge in [0.1, 0.15) is 11.1 Å². The molecule has 0 bridgehead atoms. The van der Waals surface area contributed by atoms with Crippen molar-refractivity contribution in [2.24, 2.45) is 5.92 Å². The third kappa shape index (κ3) is 4.60. The molecule has 0 fully saturated rings. The molecule has 0 spiro atoms. The van der Waals surface area contributed by atoms with E-state index < -0.39 is 0 Å². The maximum atomic E-state index is 12.3. The molecule has 2 heterocycles. The van der Waals surface area contributed by atoms with Crippen molar-refractivity contribution in [2.75, 3.05) is 11.1 Å². The van der Waals surface area contributed by atoms with E-state index in [9.17, 15) is 10.1 Å². The lowest BCUT2D eigenvalue weighted by molar-refractivity contribution is -0.115. The number of rotatable bonds is 5. The maximum Gasteiger partial charge on any atom is 0.226 e. The van der Waals surface area contributed by atoms with Gasteiger partial charge in [0.05, 0.1) is 15.8 Å². The Bertz CT molecular complexity index is 1120. The monoisotopic (exact) mass is 422 g/mol. The quantitative estimate of drug-likeness (QED) is 0.578. The van der Waals surface area contributed by atoms with Crippen LogP contribution in [0.15, 0.2) is 29.3 Å². The summed E-state index contributed by atoms with van der Waals surface area (Å²) in [4.78, 5) is 21.5. The molecular weight excluding hydrogens is 400 g/mol. The lowest BCUT2D eigenvalue weighted by Crippen LogP contribution is -2.14. The molecule has 1 aliphatic carbocycles. The lowest BCUT2D eigenvalue weighted by Gasteiger charge is -2.21. The number of fused-ring (bicyclic) bond motifs is 2. The summed E-state index contributed by atoms with van der Waals surface area (Å²) in [7, 11) is 0. The van der Waals surface area contributed by atoms with E-state index in [4.69, 9.17) is 4.98 Å². The van der Waals surface area contributed by atoms with E-state index in [1.165, 1.54) is 34.2 Å². The van der Waals surface area contributed by atoms with Gasteiger partial charge in [-0.3, -0.25) is 4.79 Å². The van der Waals surface area contributed by atoms with Gasteiger partial charge < -0.3 is 5.32 Å². The first-order valence-corrected chi connectivity index (χ1v) is 11.5. The van der Waals surface area contributed by atoms with Crippen LogP contribution in [0, 0.1) is 24.2 Å². The Hall–Kier alpha value is -2.43. The van der Waals surface area contributed by atoms with Crippen molar-refractivity contribution in [3.05, 3.63) is 46.6 Å². The summed E-state index contributed by atoms with van der Waals surface area (Å²) in [5.41, 5.74) is 5.00. The Balaban J connectivity index is 1.37. The molecular formula is C22H22N4OS2. The van der Waals surface area contributed by atoms with Gasteiger partial charge in [-0.05, 0) is 61.4 Å². The van der Waals surface area contributed by atoms with E-state index >= 15 is 0 Å². The minimum absolute atomic E-state index is 0.0708. The van der Waals surface area contributed by atoms with Crippen molar-refractivity contribution in [1.29, 1.82) is 5.26 Å². The third-order valence-electron chi connectivity index (χ3n) is 5.08. The number of aryl methyl sites for hydroxylation is 2. The van der Waals surface area contributed by atoms with Crippen LogP contribution in [0.25, 0.3) is 10.2 Å². The van der Waals surface area contributed by atoms with Crippen molar-refractivity contribution in [3.8, 4) is 6.07 Å². The number of nitrogens with zero attached hydrogens (tertiary/aromatic N) is 3. The molecule has 148 valence electrons. The Morgan fingerprint density at radius 2 is 2.24 bits per heavy atom. The van der Waals surface area contributed by atoms with Crippen LogP contribution in [-0.2, 0) is 17.6 Å². The maximum absolute atomic E-state index is 12.3. The summed E-state index contributed by atoms with van der Waals surface area (Å²) in [5.74, 6) is 1.15. The fourth-order valence-electron chi connectivity index (χ4n) is 3.53. The predicted octanol–water partition coefficient (Wildman–Crippen LogP) is 5.12. The van der Waals surface area contributed by atoms with Crippen LogP contribution in [0.5, 0.6) is 0 Å². The van der Waals surface area contributed by atoms with E-state index in [0.29, 0.717) is 28.8 Å². The summed E-state index contributed by atoms with van der Waals surface area (Å²) in [5, 5.41) is 13.7. The summed E-state index contributed by atoms with van der Waals surface area (Å²) < 4.78 is 1.07. The molecule has 0 radical (unpaired) electrons. The molecule has 5 nitrogen and oxygen atoms in total. The Morgan fingerprint density at radius 1 is 1.38 bits per heavy atom. The van der Waals surface area contributed by atoms with Crippen LogP contribution in [0.3, 0.4) is 0 Å². The Morgan fingerprint density at radius 3 is 3.07 bits per heavy atom. The standard InChI is InChI=1S/C22H22N4OS2/c1-13-3-5-17-15(9-13)11-16(12-23)21(24-17)28-8-7-20(27)26-22-25-18-6-4-14(2)10-19(18)29-22/h4,6,10-11,13H,3,5,7-9H2,1-2H3,(H,25,26,27). The van der Waals surface area contributed by atoms with Crippen LogP contribution in [0.4, 0.5) is 5.13 Å². The van der Waals surface area contributed by atoms with E-state index in [2.05, 4.69) is 29.4 Å². The molecule has 1 atom stereocenters. The summed E-state index contributed by atoms with van der Waals surface area (Å²) in [6, 6.07) is 10.3. The van der Waals surface area contributed by atoms with E-state index in [1.807, 2.05) is 25.1 Å². The van der Waals surface area contributed by atoms with Gasteiger partial charge in [-0.1, -0.05) is 24.3 Å². The predicted molar refractivity (Wildman–Crippen MR) is 118 cm³/mol. The van der Waals surface area contributed by atoms with Crippen LogP contribution in [0.1, 0.15) is 42.1 Å². The largest absolute Gasteiger partial charge is 0.302 e. The number of nitrogens with one attached hydrogen (secondary N) is 1. The molecule has 29 heavy (non-hydrogen) atoms. The molecule has 1 aromatic carbocycles. The number of thiazole rings is 1. The highest BCUT2D eigenvalue weighted by Crippen LogP contribution is 2.30. The number of anilines is 1. The van der Waals surface area contributed by atoms with Gasteiger partial charge in [0.25, 0.3) is 0 Å². The number of aromatic nitrogens is 2. The van der Waals surface area contributed by atoms with Crippen molar-refractivity contribution >= 4 is 44.4 Å². The average Bonchev–Trinajstić information content (AvgIpc) is 3.08. The molecule has 1 aliphatic rings. The first kappa shape index (κ1) is 19.9. The average molecular weight is 423 g/mol. The Labute approximate surface area is 178 Å². The highest BCUT2D eigenvalue weighted by atomic mass is 32.2. The van der Waals surface area contributed by atoms with Gasteiger partial charge >= 0.3 is 0 Å². The molecule has 3 aromatic rings. The molecule has 0 aliphatic heterocycles. The molecule has 0 saturated heterocycles. The highest BCUT2D eigenvalue weighted by molar-refractivity contribution is 7.99. The molecule has 1 amide bonds. The fraction of sp³-hybridized carbons (Fsp3) is 0.364. The SMILES string of the molecule is Cc1ccc2nc(NC(=O)CCSc3nc4c(cc3C#N)CC(C)CC4)sc2c1. The number of nitriles is 1. The summed E-state index contributed by atoms with van der Waals surface area (Å²) in [6.45, 7) is 4.28. The molecule has 1 N–H and O–H groups in total. The van der Waals surface area contributed by atoms with Crippen molar-refractivity contribution in [3.63, 3.8) is 0 Å². The number of carbonyl (C=O) groups is 1. The van der Waals surface area contributed by atoms with Crippen LogP contribution in [-0.4, -0.2) is 21.6 Å². The molecule has 7 heteroatoms. The van der Waals surface area contributed by atoms with Crippen LogP contribution < -0.4 is 5.32 Å². The zero-order chi connectivity index (χ0) is 20.4. The van der Waals surface area contributed by atoms with E-state index in [-0.39, 0.29) is 5.91 Å². The molecule has 1 unspecified atom stereocenters. The molecule has 2 aromatic heterocycles. The van der Waals surface area contributed by atoms with Gasteiger partial charge in [-0.15, -0.1) is 11.8 Å². The summed E-state index contributed by atoms with van der Waals surface area (Å²) in [6.07, 6.45) is 3.44. The highest BCUT2D eigenvalue weighted by Gasteiger charge is 2.19. The van der Waals surface area contributed by atoms with Gasteiger partial charge in [0.2, 0.25) is 5.91 Å². The number of hydrogen-bond acceptors (Lipinski definition) is 6. The fourth-order valence-corrected chi connectivity index (χ4v) is 5.42. The van der Waals surface area contributed by atoms with Gasteiger partial charge in [0, 0.05) is 17.9 Å². The van der Waals surface area contributed by atoms with Crippen molar-refractivity contribution < 1.29 is 4.79 Å². The minimum atomic E-state index is -0.0708. The summed E-state index contributed by atoms with van der Waals surface area (Å²) >= 11 is 2.97. The first-order chi connectivity index (χ1) is 14.0. The second-order valence-electron chi connectivity index (χ2n) is 7.54. The number of thioether (sulfide) groups is 1. The second kappa shape index (κ2) is 8.52. The van der Waals surface area contributed by atoms with E-state index in [1.54, 1.807) is 0 Å². The minimum Gasteiger partial charge on any atom is -0.302 e. The lowest BCUT2D eigenvalue weighted by atomic mass is 9.87. The number of carbonyl (C=O) groups excluding carboxylic acids is 1. The number of benzene rings is 1. The first-order valence-electron chi connectivity index (χ1n) is 9.74. The smallest absolute Gasteiger partial charge is 0.226 e. The normalized spacial score (nSPS) is 15.7. The number of hydrogen-bond donors (Lipinski definition) is 1. The van der Waals surface area contributed by atoms with Crippen LogP contribution in [0.2, 0.25) is 0 Å². The van der Waals surface area contributed by atoms with Gasteiger partial charge in [0.15, 0.2) is 5.13 Å². The van der Waals surface area contributed by atoms with Gasteiger partial charge in [-0.2, -0.15) is 5.26 Å². The number of pyridine rings is 1. The Kier molecular flexibility index (Phi) is 5.84. The topological polar surface area (TPSA) is 78.7 Å². The number of amides is 1.